The molecule has 3 aromatic rings. The summed E-state index contributed by atoms with van der Waals surface area (Å²) in [6, 6.07) is 15.0. The van der Waals surface area contributed by atoms with E-state index in [-0.39, 0.29) is 17.6 Å². The fourth-order valence-corrected chi connectivity index (χ4v) is 4.71. The number of nitrogens with zero attached hydrogens (tertiary/aromatic N) is 1. The number of ketones is 1. The molecule has 1 aliphatic carbocycles. The Hall–Kier alpha value is -3.44. The van der Waals surface area contributed by atoms with Crippen molar-refractivity contribution in [3.8, 4) is 16.9 Å². The number of carbonyl (C=O) groups is 2. The molecule has 4 rings (SSSR count). The van der Waals surface area contributed by atoms with Crippen LogP contribution in [0.25, 0.3) is 11.1 Å². The molecule has 1 aromatic heterocycles. The van der Waals surface area contributed by atoms with Gasteiger partial charge in [-0.25, -0.2) is 4.98 Å². The molecule has 7 nitrogen and oxygen atoms in total. The Morgan fingerprint density at radius 1 is 1.09 bits per heavy atom. The van der Waals surface area contributed by atoms with Crippen LogP contribution >= 0.6 is 7.14 Å². The molecule has 2 N–H and O–H groups in total. The van der Waals surface area contributed by atoms with Gasteiger partial charge in [-0.2, -0.15) is 0 Å². The summed E-state index contributed by atoms with van der Waals surface area (Å²) in [5.41, 5.74) is 3.42. The van der Waals surface area contributed by atoms with Gasteiger partial charge in [0, 0.05) is 35.5 Å². The fourth-order valence-electron chi connectivity index (χ4n) is 3.84. The van der Waals surface area contributed by atoms with Crippen molar-refractivity contribution in [2.45, 2.75) is 26.2 Å². The number of methoxy groups -OCH3 is 1. The Balaban J connectivity index is 1.70. The van der Waals surface area contributed by atoms with E-state index < -0.39 is 7.14 Å². The van der Waals surface area contributed by atoms with Crippen molar-refractivity contribution in [1.82, 2.24) is 4.98 Å². The lowest BCUT2D eigenvalue weighted by Crippen LogP contribution is -2.15. The molecule has 2 aromatic carbocycles. The van der Waals surface area contributed by atoms with Gasteiger partial charge in [0.25, 0.3) is 0 Å². The van der Waals surface area contributed by atoms with Crippen LogP contribution in [0.2, 0.25) is 0 Å². The highest BCUT2D eigenvalue weighted by Crippen LogP contribution is 2.40. The quantitative estimate of drug-likeness (QED) is 0.295. The number of amides is 1. The van der Waals surface area contributed by atoms with Gasteiger partial charge in [-0.15, -0.1) is 0 Å². The normalized spacial score (nSPS) is 13.3. The van der Waals surface area contributed by atoms with Crippen LogP contribution in [-0.4, -0.2) is 37.1 Å². The van der Waals surface area contributed by atoms with Gasteiger partial charge in [0.05, 0.1) is 24.0 Å². The van der Waals surface area contributed by atoms with Crippen molar-refractivity contribution < 1.29 is 18.9 Å². The molecular weight excluding hydrogens is 461 g/mol. The summed E-state index contributed by atoms with van der Waals surface area (Å²) < 4.78 is 18.2. The highest BCUT2D eigenvalue weighted by molar-refractivity contribution is 7.70. The van der Waals surface area contributed by atoms with E-state index in [2.05, 4.69) is 15.6 Å². The maximum absolute atomic E-state index is 12.6. The predicted molar refractivity (Wildman–Crippen MR) is 141 cm³/mol. The zero-order valence-corrected chi connectivity index (χ0v) is 21.3. The standard InChI is InChI=1S/C27H30N3O4P/c1-5-24(31)21-16-28-25(30-27(32)18-9-10-18)15-23(21)29-22-8-6-7-20(26(22)34-2)17-11-13-19(14-12-17)35(3,4)33/h6-8,11-16,18H,5,9-10H2,1-4H3,(H2,28,29,30,32). The van der Waals surface area contributed by atoms with E-state index in [0.29, 0.717) is 34.9 Å². The summed E-state index contributed by atoms with van der Waals surface area (Å²) in [7, 11) is -0.757. The molecule has 1 aliphatic rings. The number of benzene rings is 2. The number of Topliss-reactive ketones (excluding diaryl/α,β-unsaturated/α-hetero) is 1. The number of carbonyl (C=O) groups excluding carboxylic acids is 2. The summed E-state index contributed by atoms with van der Waals surface area (Å²) in [6.45, 7) is 5.29. The second-order valence-corrected chi connectivity index (χ2v) is 12.3. The zero-order chi connectivity index (χ0) is 25.2. The third-order valence-corrected chi connectivity index (χ3v) is 7.56. The summed E-state index contributed by atoms with van der Waals surface area (Å²) in [5, 5.41) is 6.99. The smallest absolute Gasteiger partial charge is 0.228 e. The Morgan fingerprint density at radius 3 is 2.40 bits per heavy atom. The van der Waals surface area contributed by atoms with Crippen LogP contribution in [0, 0.1) is 5.92 Å². The van der Waals surface area contributed by atoms with Gasteiger partial charge in [-0.05, 0) is 37.8 Å². The maximum Gasteiger partial charge on any atom is 0.228 e. The van der Waals surface area contributed by atoms with E-state index in [0.717, 1.165) is 29.3 Å². The minimum absolute atomic E-state index is 0.0441. The molecule has 0 bridgehead atoms. The number of hydrogen-bond acceptors (Lipinski definition) is 6. The molecule has 1 heterocycles. The monoisotopic (exact) mass is 491 g/mol. The number of para-hydroxylation sites is 1. The molecule has 1 fully saturated rings. The molecule has 0 spiro atoms. The number of aromatic nitrogens is 1. The maximum atomic E-state index is 12.6. The Bertz CT molecular complexity index is 1310. The van der Waals surface area contributed by atoms with Gasteiger partial charge in [0.1, 0.15) is 18.7 Å². The van der Waals surface area contributed by atoms with Crippen LogP contribution < -0.4 is 20.7 Å². The lowest BCUT2D eigenvalue weighted by Gasteiger charge is -2.18. The Morgan fingerprint density at radius 2 is 1.80 bits per heavy atom. The largest absolute Gasteiger partial charge is 0.494 e. The van der Waals surface area contributed by atoms with Crippen LogP contribution in [0.4, 0.5) is 17.2 Å². The Labute approximate surface area is 205 Å². The SMILES string of the molecule is CCC(=O)c1cnc(NC(=O)C2CC2)cc1Nc1cccc(-c2ccc(P(C)(C)=O)cc2)c1OC. The van der Waals surface area contributed by atoms with Crippen molar-refractivity contribution in [1.29, 1.82) is 0 Å². The lowest BCUT2D eigenvalue weighted by molar-refractivity contribution is -0.117. The van der Waals surface area contributed by atoms with Crippen LogP contribution in [0.3, 0.4) is 0 Å². The van der Waals surface area contributed by atoms with E-state index in [9.17, 15) is 14.2 Å². The minimum atomic E-state index is -2.35. The first-order chi connectivity index (χ1) is 16.7. The van der Waals surface area contributed by atoms with Crippen LogP contribution in [0.15, 0.2) is 54.7 Å². The third-order valence-electron chi connectivity index (χ3n) is 6.01. The van der Waals surface area contributed by atoms with Gasteiger partial charge < -0.3 is 19.9 Å². The van der Waals surface area contributed by atoms with Gasteiger partial charge in [0.2, 0.25) is 5.91 Å². The van der Waals surface area contributed by atoms with Crippen LogP contribution in [0.1, 0.15) is 36.5 Å². The number of pyridine rings is 1. The predicted octanol–water partition coefficient (Wildman–Crippen LogP) is 5.69. The highest BCUT2D eigenvalue weighted by atomic mass is 31.2. The molecule has 1 saturated carbocycles. The van der Waals surface area contributed by atoms with Gasteiger partial charge >= 0.3 is 0 Å². The molecule has 0 radical (unpaired) electrons. The van der Waals surface area contributed by atoms with Crippen LogP contribution in [-0.2, 0) is 9.36 Å². The molecule has 8 heteroatoms. The molecule has 0 atom stereocenters. The van der Waals surface area contributed by atoms with Crippen molar-refractivity contribution in [3.63, 3.8) is 0 Å². The average Bonchev–Trinajstić information content (AvgIpc) is 3.69. The number of rotatable bonds is 9. The third kappa shape index (κ3) is 5.63. The van der Waals surface area contributed by atoms with Gasteiger partial charge in [0.15, 0.2) is 5.78 Å². The second kappa shape index (κ2) is 10.0. The van der Waals surface area contributed by atoms with Crippen molar-refractivity contribution in [2.24, 2.45) is 5.92 Å². The van der Waals surface area contributed by atoms with Gasteiger partial charge in [-0.1, -0.05) is 43.3 Å². The van der Waals surface area contributed by atoms with E-state index in [1.807, 2.05) is 42.5 Å². The minimum Gasteiger partial charge on any atom is -0.494 e. The summed E-state index contributed by atoms with van der Waals surface area (Å²) in [4.78, 5) is 29.1. The molecule has 0 unspecified atom stereocenters. The van der Waals surface area contributed by atoms with Crippen molar-refractivity contribution >= 4 is 41.3 Å². The molecule has 0 saturated heterocycles. The summed E-state index contributed by atoms with van der Waals surface area (Å²) in [6.07, 6.45) is 3.61. The van der Waals surface area contributed by atoms with E-state index in [4.69, 9.17) is 4.74 Å². The number of ether oxygens (including phenoxy) is 1. The number of hydrogen-bond donors (Lipinski definition) is 2. The summed E-state index contributed by atoms with van der Waals surface area (Å²) >= 11 is 0. The second-order valence-electron chi connectivity index (χ2n) is 9.06. The number of nitrogens with one attached hydrogen (secondary N) is 2. The van der Waals surface area contributed by atoms with E-state index in [1.54, 1.807) is 33.4 Å². The fraction of sp³-hybridized carbons (Fsp3) is 0.296. The lowest BCUT2D eigenvalue weighted by atomic mass is 10.0. The first kappa shape index (κ1) is 24.7. The summed E-state index contributed by atoms with van der Waals surface area (Å²) in [5.74, 6) is 0.930. The van der Waals surface area contributed by atoms with Gasteiger partial charge in [-0.3, -0.25) is 9.59 Å². The topological polar surface area (TPSA) is 97.4 Å². The van der Waals surface area contributed by atoms with Crippen molar-refractivity contribution in [2.75, 3.05) is 31.1 Å². The van der Waals surface area contributed by atoms with Crippen molar-refractivity contribution in [3.05, 3.63) is 60.3 Å². The molecule has 1 amide bonds. The molecular formula is C27H30N3O4P. The number of anilines is 3. The molecule has 182 valence electrons. The van der Waals surface area contributed by atoms with Crippen LogP contribution in [0.5, 0.6) is 5.75 Å². The molecule has 35 heavy (non-hydrogen) atoms. The molecule has 0 aliphatic heterocycles. The first-order valence-corrected chi connectivity index (χ1v) is 14.3. The van der Waals surface area contributed by atoms with E-state index >= 15 is 0 Å². The Kier molecular flexibility index (Phi) is 7.08. The zero-order valence-electron chi connectivity index (χ0n) is 20.4. The average molecular weight is 492 g/mol. The van der Waals surface area contributed by atoms with E-state index in [1.165, 1.54) is 6.20 Å². The first-order valence-electron chi connectivity index (χ1n) is 11.7. The highest BCUT2D eigenvalue weighted by Gasteiger charge is 2.30.